The number of amidine groups is 1. The minimum Gasteiger partial charge on any atom is -0.488 e. The van der Waals surface area contributed by atoms with Crippen LogP contribution in [0.2, 0.25) is 0 Å². The lowest BCUT2D eigenvalue weighted by Gasteiger charge is -2.25. The molecule has 218 valence electrons. The summed E-state index contributed by atoms with van der Waals surface area (Å²) in [6.45, 7) is 5.19. The summed E-state index contributed by atoms with van der Waals surface area (Å²) in [5.41, 5.74) is 6.19. The molecule has 3 N–H and O–H groups in total. The minimum absolute atomic E-state index is 0.206. The fourth-order valence-electron chi connectivity index (χ4n) is 4.86. The van der Waals surface area contributed by atoms with Crippen LogP contribution in [0.4, 0.5) is 5.69 Å². The van der Waals surface area contributed by atoms with Crippen molar-refractivity contribution in [2.24, 2.45) is 18.0 Å². The molecule has 4 aromatic carbocycles. The average Bonchev–Trinajstić information content (AvgIpc) is 3.41. The standard InChI is InChI=1S/C34H36N4O2.CH4O/c1-24(2)29-20-30(34(36-35)38(4)28-15-16-31-27(19-28)17-18-37(31)3)33(40-23-26-13-9-6-10-14-26)21-32(29)39-22-25-11-7-5-8-12-25;1-2/h5-21,24H,22-23,35H2,1-4H3;2H,1H3/b36-34-;. The predicted octanol–water partition coefficient (Wildman–Crippen LogP) is 6.82. The topological polar surface area (TPSA) is 85.2 Å². The second-order valence-electron chi connectivity index (χ2n) is 10.3. The Morgan fingerprint density at radius 2 is 1.43 bits per heavy atom. The summed E-state index contributed by atoms with van der Waals surface area (Å²) in [6.07, 6.45) is 2.06. The Balaban J connectivity index is 0.00000198. The van der Waals surface area contributed by atoms with Crippen LogP contribution in [-0.2, 0) is 20.3 Å². The van der Waals surface area contributed by atoms with E-state index >= 15 is 0 Å². The van der Waals surface area contributed by atoms with E-state index in [1.807, 2.05) is 73.6 Å². The van der Waals surface area contributed by atoms with Crippen molar-refractivity contribution in [2.75, 3.05) is 19.1 Å². The third-order valence-corrected chi connectivity index (χ3v) is 7.15. The van der Waals surface area contributed by atoms with Crippen LogP contribution in [0.1, 0.15) is 42.0 Å². The maximum Gasteiger partial charge on any atom is 0.163 e. The first-order chi connectivity index (χ1) is 20.4. The Labute approximate surface area is 248 Å². The molecule has 0 radical (unpaired) electrons. The molecule has 7 nitrogen and oxygen atoms in total. The predicted molar refractivity (Wildman–Crippen MR) is 172 cm³/mol. The van der Waals surface area contributed by atoms with Crippen molar-refractivity contribution >= 4 is 22.4 Å². The fraction of sp³-hybridized carbons (Fsp3) is 0.229. The third kappa shape index (κ3) is 6.93. The van der Waals surface area contributed by atoms with Gasteiger partial charge in [0.1, 0.15) is 24.7 Å². The average molecular weight is 565 g/mol. The summed E-state index contributed by atoms with van der Waals surface area (Å²) in [6, 6.07) is 32.8. The molecule has 0 saturated heterocycles. The van der Waals surface area contributed by atoms with E-state index in [1.54, 1.807) is 0 Å². The van der Waals surface area contributed by atoms with E-state index in [0.717, 1.165) is 51.7 Å². The zero-order valence-corrected chi connectivity index (χ0v) is 25.0. The van der Waals surface area contributed by atoms with Gasteiger partial charge in [-0.1, -0.05) is 74.5 Å². The molecular formula is C35H40N4O3. The van der Waals surface area contributed by atoms with Gasteiger partial charge in [0.2, 0.25) is 0 Å². The Morgan fingerprint density at radius 3 is 2.00 bits per heavy atom. The molecule has 0 aliphatic carbocycles. The number of hydrogen-bond acceptors (Lipinski definition) is 5. The number of fused-ring (bicyclic) bond motifs is 1. The highest BCUT2D eigenvalue weighted by Gasteiger charge is 2.22. The van der Waals surface area contributed by atoms with Crippen molar-refractivity contribution in [3.8, 4) is 11.5 Å². The van der Waals surface area contributed by atoms with Gasteiger partial charge in [-0.15, -0.1) is 0 Å². The van der Waals surface area contributed by atoms with Crippen LogP contribution in [0, 0.1) is 0 Å². The molecule has 5 aromatic rings. The van der Waals surface area contributed by atoms with Crippen molar-refractivity contribution in [3.63, 3.8) is 0 Å². The van der Waals surface area contributed by atoms with Crippen molar-refractivity contribution in [3.05, 3.63) is 126 Å². The van der Waals surface area contributed by atoms with Gasteiger partial charge in [-0.05, 0) is 52.9 Å². The number of anilines is 1. The Morgan fingerprint density at radius 1 is 0.833 bits per heavy atom. The molecule has 5 rings (SSSR count). The molecule has 7 heteroatoms. The Kier molecular flexibility index (Phi) is 10.2. The first-order valence-corrected chi connectivity index (χ1v) is 14.0. The highest BCUT2D eigenvalue weighted by atomic mass is 16.5. The number of benzene rings is 4. The molecule has 0 bridgehead atoms. The van der Waals surface area contributed by atoms with Gasteiger partial charge in [0.25, 0.3) is 0 Å². The number of nitrogens with zero attached hydrogens (tertiary/aromatic N) is 3. The van der Waals surface area contributed by atoms with Crippen LogP contribution in [0.3, 0.4) is 0 Å². The van der Waals surface area contributed by atoms with Gasteiger partial charge in [-0.2, -0.15) is 5.10 Å². The molecule has 0 amide bonds. The van der Waals surface area contributed by atoms with Crippen LogP contribution >= 0.6 is 0 Å². The van der Waals surface area contributed by atoms with E-state index in [9.17, 15) is 0 Å². The summed E-state index contributed by atoms with van der Waals surface area (Å²) in [5.74, 6) is 8.35. The summed E-state index contributed by atoms with van der Waals surface area (Å²) < 4.78 is 14.9. The minimum atomic E-state index is 0.206. The molecule has 0 spiro atoms. The second kappa shape index (κ2) is 14.2. The largest absolute Gasteiger partial charge is 0.488 e. The molecule has 1 heterocycles. The van der Waals surface area contributed by atoms with Crippen LogP contribution in [0.5, 0.6) is 11.5 Å². The SMILES string of the molecule is CC(C)c1cc(/C(=N/N)N(C)c2ccc3c(ccn3C)c2)c(OCc2ccccc2)cc1OCc1ccccc1.CO. The first kappa shape index (κ1) is 30.2. The number of aliphatic hydroxyl groups excluding tert-OH is 1. The number of aryl methyl sites for hydroxylation is 1. The monoisotopic (exact) mass is 564 g/mol. The lowest BCUT2D eigenvalue weighted by atomic mass is 9.97. The maximum absolute atomic E-state index is 7.00. The van der Waals surface area contributed by atoms with Gasteiger partial charge < -0.3 is 29.9 Å². The second-order valence-corrected chi connectivity index (χ2v) is 10.3. The molecular weight excluding hydrogens is 524 g/mol. The van der Waals surface area contributed by atoms with Gasteiger partial charge in [0, 0.05) is 50.1 Å². The fourth-order valence-corrected chi connectivity index (χ4v) is 4.86. The van der Waals surface area contributed by atoms with Gasteiger partial charge in [-0.25, -0.2) is 0 Å². The number of aromatic nitrogens is 1. The number of hydrogen-bond donors (Lipinski definition) is 2. The summed E-state index contributed by atoms with van der Waals surface area (Å²) in [5, 5.41) is 12.4. The van der Waals surface area contributed by atoms with Crippen molar-refractivity contribution < 1.29 is 14.6 Å². The first-order valence-electron chi connectivity index (χ1n) is 14.0. The molecule has 1 aromatic heterocycles. The molecule has 42 heavy (non-hydrogen) atoms. The van der Waals surface area contributed by atoms with Crippen molar-refractivity contribution in [1.82, 2.24) is 4.57 Å². The van der Waals surface area contributed by atoms with E-state index in [1.165, 1.54) is 0 Å². The van der Waals surface area contributed by atoms with E-state index in [-0.39, 0.29) is 5.92 Å². The number of nitrogens with two attached hydrogens (primary N) is 1. The van der Waals surface area contributed by atoms with Crippen molar-refractivity contribution in [1.29, 1.82) is 0 Å². The van der Waals surface area contributed by atoms with E-state index < -0.39 is 0 Å². The van der Waals surface area contributed by atoms with E-state index in [4.69, 9.17) is 20.4 Å². The summed E-state index contributed by atoms with van der Waals surface area (Å²) in [4.78, 5) is 2.01. The number of aliphatic hydroxyl groups is 1. The van der Waals surface area contributed by atoms with Crippen LogP contribution in [0.25, 0.3) is 10.9 Å². The third-order valence-electron chi connectivity index (χ3n) is 7.15. The highest BCUT2D eigenvalue weighted by molar-refractivity contribution is 6.12. The number of hydrazone groups is 1. The highest BCUT2D eigenvalue weighted by Crippen LogP contribution is 2.36. The molecule has 0 unspecified atom stereocenters. The molecule has 0 fully saturated rings. The molecule has 0 aliphatic rings. The summed E-state index contributed by atoms with van der Waals surface area (Å²) in [7, 11) is 5.02. The van der Waals surface area contributed by atoms with E-state index in [0.29, 0.717) is 24.8 Å². The van der Waals surface area contributed by atoms with E-state index in [2.05, 4.69) is 72.2 Å². The van der Waals surface area contributed by atoms with Crippen molar-refractivity contribution in [2.45, 2.75) is 33.0 Å². The Hall–Kier alpha value is -4.75. The molecule has 0 aliphatic heterocycles. The van der Waals surface area contributed by atoms with Crippen LogP contribution in [0.15, 0.2) is 108 Å². The zero-order valence-electron chi connectivity index (χ0n) is 25.0. The maximum atomic E-state index is 7.00. The Bertz CT molecular complexity index is 1610. The lowest BCUT2D eigenvalue weighted by molar-refractivity contribution is 0.287. The quantitative estimate of drug-likeness (QED) is 0.0888. The van der Waals surface area contributed by atoms with Gasteiger partial charge >= 0.3 is 0 Å². The number of rotatable bonds is 9. The van der Waals surface area contributed by atoms with Gasteiger partial charge in [0.05, 0.1) is 5.56 Å². The van der Waals surface area contributed by atoms with Gasteiger partial charge in [-0.3, -0.25) is 0 Å². The van der Waals surface area contributed by atoms with Crippen LogP contribution < -0.4 is 20.2 Å². The molecule has 0 atom stereocenters. The van der Waals surface area contributed by atoms with Crippen LogP contribution in [-0.4, -0.2) is 29.7 Å². The smallest absolute Gasteiger partial charge is 0.163 e. The van der Waals surface area contributed by atoms with Gasteiger partial charge in [0.15, 0.2) is 5.84 Å². The normalized spacial score (nSPS) is 11.3. The lowest BCUT2D eigenvalue weighted by Crippen LogP contribution is -2.29. The molecule has 0 saturated carbocycles. The number of ether oxygens (including phenoxy) is 2. The zero-order chi connectivity index (χ0) is 30.1. The summed E-state index contributed by atoms with van der Waals surface area (Å²) >= 11 is 0.